The Balaban J connectivity index is 1.84. The molecule has 0 unspecified atom stereocenters. The molecule has 0 saturated carbocycles. The summed E-state index contributed by atoms with van der Waals surface area (Å²) in [5, 5.41) is 0. The van der Waals surface area contributed by atoms with E-state index in [0.717, 1.165) is 12.0 Å². The van der Waals surface area contributed by atoms with Gasteiger partial charge in [0.05, 0.1) is 23.7 Å². The zero-order chi connectivity index (χ0) is 16.7. The fourth-order valence-electron chi connectivity index (χ4n) is 1.97. The van der Waals surface area contributed by atoms with E-state index in [0.29, 0.717) is 13.0 Å². The Hall–Kier alpha value is -2.34. The molecule has 122 valence electrons. The van der Waals surface area contributed by atoms with E-state index in [9.17, 15) is 13.2 Å². The second kappa shape index (κ2) is 7.78. The first-order chi connectivity index (χ1) is 11.0. The van der Waals surface area contributed by atoms with E-state index >= 15 is 0 Å². The van der Waals surface area contributed by atoms with Crippen LogP contribution in [0.25, 0.3) is 0 Å². The van der Waals surface area contributed by atoms with E-state index in [2.05, 4.69) is 0 Å². The topological polar surface area (TPSA) is 69.7 Å². The summed E-state index contributed by atoms with van der Waals surface area (Å²) in [6.07, 6.45) is 1.58. The van der Waals surface area contributed by atoms with Crippen LogP contribution in [0, 0.1) is 0 Å². The number of para-hydroxylation sites is 1. The average molecular weight is 334 g/mol. The highest BCUT2D eigenvalue weighted by molar-refractivity contribution is 7.90. The molecule has 2 aromatic carbocycles. The molecule has 0 N–H and O–H groups in total. The average Bonchev–Trinajstić information content (AvgIpc) is 2.54. The molecule has 0 aliphatic rings. The SMILES string of the molecule is CS(=O)(=O)c1ccccc1C(=O)OCCCOc1ccccc1. The molecular formula is C17H18O5S. The maximum absolute atomic E-state index is 12.0. The van der Waals surface area contributed by atoms with Gasteiger partial charge in [-0.25, -0.2) is 13.2 Å². The zero-order valence-electron chi connectivity index (χ0n) is 12.8. The van der Waals surface area contributed by atoms with Crippen molar-refractivity contribution in [2.45, 2.75) is 11.3 Å². The lowest BCUT2D eigenvalue weighted by atomic mass is 10.2. The van der Waals surface area contributed by atoms with Gasteiger partial charge >= 0.3 is 5.97 Å². The van der Waals surface area contributed by atoms with Crippen molar-refractivity contribution in [1.29, 1.82) is 0 Å². The quantitative estimate of drug-likeness (QED) is 0.575. The highest BCUT2D eigenvalue weighted by Gasteiger charge is 2.18. The molecule has 6 heteroatoms. The van der Waals surface area contributed by atoms with Crippen LogP contribution in [0.15, 0.2) is 59.5 Å². The van der Waals surface area contributed by atoms with Gasteiger partial charge in [-0.2, -0.15) is 0 Å². The van der Waals surface area contributed by atoms with Crippen LogP contribution in [0.5, 0.6) is 5.75 Å². The van der Waals surface area contributed by atoms with Crippen LogP contribution >= 0.6 is 0 Å². The van der Waals surface area contributed by atoms with E-state index in [1.165, 1.54) is 12.1 Å². The number of benzene rings is 2. The van der Waals surface area contributed by atoms with Gasteiger partial charge in [-0.3, -0.25) is 0 Å². The summed E-state index contributed by atoms with van der Waals surface area (Å²) in [7, 11) is -3.48. The lowest BCUT2D eigenvalue weighted by Gasteiger charge is -2.09. The van der Waals surface area contributed by atoms with Gasteiger partial charge in [0.15, 0.2) is 9.84 Å². The van der Waals surface area contributed by atoms with E-state index in [-0.39, 0.29) is 17.1 Å². The Labute approximate surface area is 135 Å². The maximum atomic E-state index is 12.0. The minimum atomic E-state index is -3.48. The number of carbonyl (C=O) groups is 1. The molecule has 2 rings (SSSR count). The predicted octanol–water partition coefficient (Wildman–Crippen LogP) is 2.72. The zero-order valence-corrected chi connectivity index (χ0v) is 13.6. The highest BCUT2D eigenvalue weighted by atomic mass is 32.2. The normalized spacial score (nSPS) is 11.0. The minimum absolute atomic E-state index is 0.0227. The first-order valence-electron chi connectivity index (χ1n) is 7.12. The van der Waals surface area contributed by atoms with E-state index in [1.807, 2.05) is 30.3 Å². The molecule has 0 aliphatic carbocycles. The van der Waals surface area contributed by atoms with Crippen molar-refractivity contribution in [3.63, 3.8) is 0 Å². The number of carbonyl (C=O) groups excluding carboxylic acids is 1. The molecule has 0 aliphatic heterocycles. The summed E-state index contributed by atoms with van der Waals surface area (Å²) in [4.78, 5) is 12.0. The smallest absolute Gasteiger partial charge is 0.339 e. The molecule has 23 heavy (non-hydrogen) atoms. The summed E-state index contributed by atoms with van der Waals surface area (Å²) >= 11 is 0. The number of sulfone groups is 1. The standard InChI is InChI=1S/C17H18O5S/c1-23(19,20)16-11-6-5-10-15(16)17(18)22-13-7-12-21-14-8-3-2-4-9-14/h2-6,8-11H,7,12-13H2,1H3. The largest absolute Gasteiger partial charge is 0.493 e. The van der Waals surface area contributed by atoms with Crippen molar-refractivity contribution in [2.24, 2.45) is 0 Å². The van der Waals surface area contributed by atoms with Crippen molar-refractivity contribution < 1.29 is 22.7 Å². The van der Waals surface area contributed by atoms with Gasteiger partial charge in [0.2, 0.25) is 0 Å². The van der Waals surface area contributed by atoms with Crippen molar-refractivity contribution in [3.8, 4) is 5.75 Å². The summed E-state index contributed by atoms with van der Waals surface area (Å²) in [5.74, 6) is 0.104. The lowest BCUT2D eigenvalue weighted by molar-refractivity contribution is 0.0481. The molecule has 2 aromatic rings. The molecule has 5 nitrogen and oxygen atoms in total. The van der Waals surface area contributed by atoms with Crippen LogP contribution in [-0.2, 0) is 14.6 Å². The van der Waals surface area contributed by atoms with Gasteiger partial charge in [0.1, 0.15) is 5.75 Å². The van der Waals surface area contributed by atoms with Gasteiger partial charge in [-0.1, -0.05) is 30.3 Å². The number of esters is 1. The Morgan fingerprint density at radius 3 is 2.30 bits per heavy atom. The lowest BCUT2D eigenvalue weighted by Crippen LogP contribution is -2.13. The summed E-state index contributed by atoms with van der Waals surface area (Å²) in [6.45, 7) is 0.564. The fourth-order valence-corrected chi connectivity index (χ4v) is 2.84. The van der Waals surface area contributed by atoms with E-state index < -0.39 is 15.8 Å². The van der Waals surface area contributed by atoms with Crippen LogP contribution < -0.4 is 4.74 Å². The van der Waals surface area contributed by atoms with E-state index in [4.69, 9.17) is 9.47 Å². The molecule has 0 saturated heterocycles. The van der Waals surface area contributed by atoms with Gasteiger partial charge in [-0.05, 0) is 24.3 Å². The number of ether oxygens (including phenoxy) is 2. The van der Waals surface area contributed by atoms with Crippen molar-refractivity contribution in [1.82, 2.24) is 0 Å². The number of hydrogen-bond donors (Lipinski definition) is 0. The Kier molecular flexibility index (Phi) is 5.76. The maximum Gasteiger partial charge on any atom is 0.339 e. The highest BCUT2D eigenvalue weighted by Crippen LogP contribution is 2.16. The monoisotopic (exact) mass is 334 g/mol. The molecule has 0 radical (unpaired) electrons. The van der Waals surface area contributed by atoms with Gasteiger partial charge in [0.25, 0.3) is 0 Å². The van der Waals surface area contributed by atoms with Crippen molar-refractivity contribution in [2.75, 3.05) is 19.5 Å². The minimum Gasteiger partial charge on any atom is -0.493 e. The van der Waals surface area contributed by atoms with Gasteiger partial charge in [0, 0.05) is 12.7 Å². The van der Waals surface area contributed by atoms with E-state index in [1.54, 1.807) is 12.1 Å². The van der Waals surface area contributed by atoms with Crippen LogP contribution in [0.3, 0.4) is 0 Å². The molecule has 0 atom stereocenters. The molecule has 0 spiro atoms. The second-order valence-electron chi connectivity index (χ2n) is 4.92. The Morgan fingerprint density at radius 2 is 1.61 bits per heavy atom. The van der Waals surface area contributed by atoms with Crippen LogP contribution in [0.2, 0.25) is 0 Å². The Morgan fingerprint density at radius 1 is 0.957 bits per heavy atom. The predicted molar refractivity (Wildman–Crippen MR) is 86.4 cm³/mol. The molecule has 0 amide bonds. The molecule has 0 fully saturated rings. The molecular weight excluding hydrogens is 316 g/mol. The molecule has 0 bridgehead atoms. The number of hydrogen-bond acceptors (Lipinski definition) is 5. The third kappa shape index (κ3) is 5.10. The first-order valence-corrected chi connectivity index (χ1v) is 9.01. The van der Waals surface area contributed by atoms with Crippen molar-refractivity contribution >= 4 is 15.8 Å². The van der Waals surface area contributed by atoms with Crippen LogP contribution in [-0.4, -0.2) is 33.9 Å². The third-order valence-electron chi connectivity index (χ3n) is 3.04. The molecule has 0 aromatic heterocycles. The Bertz CT molecular complexity index is 754. The van der Waals surface area contributed by atoms with Crippen molar-refractivity contribution in [3.05, 3.63) is 60.2 Å². The summed E-state index contributed by atoms with van der Waals surface area (Å²) < 4.78 is 33.9. The summed E-state index contributed by atoms with van der Waals surface area (Å²) in [6, 6.07) is 15.3. The molecule has 0 heterocycles. The van der Waals surface area contributed by atoms with Crippen LogP contribution in [0.4, 0.5) is 0 Å². The number of rotatable bonds is 7. The second-order valence-corrected chi connectivity index (χ2v) is 6.90. The van der Waals surface area contributed by atoms with Gasteiger partial charge < -0.3 is 9.47 Å². The fraction of sp³-hybridized carbons (Fsp3) is 0.235. The van der Waals surface area contributed by atoms with Gasteiger partial charge in [-0.15, -0.1) is 0 Å². The summed E-state index contributed by atoms with van der Waals surface area (Å²) in [5.41, 5.74) is 0.0546. The third-order valence-corrected chi connectivity index (χ3v) is 4.20. The van der Waals surface area contributed by atoms with Crippen LogP contribution in [0.1, 0.15) is 16.8 Å². The first kappa shape index (κ1) is 17.0.